The highest BCUT2D eigenvalue weighted by Gasteiger charge is 2.31. The Bertz CT molecular complexity index is 937. The Balaban J connectivity index is 1.40. The second-order valence-electron chi connectivity index (χ2n) is 6.71. The lowest BCUT2D eigenvalue weighted by atomic mass is 10.1. The summed E-state index contributed by atoms with van der Waals surface area (Å²) >= 11 is 1.45. The molecule has 0 aliphatic carbocycles. The molecule has 4 heterocycles. The quantitative estimate of drug-likeness (QED) is 0.692. The van der Waals surface area contributed by atoms with Crippen LogP contribution in [0.4, 0.5) is 0 Å². The topological polar surface area (TPSA) is 75.4 Å². The molecule has 3 aromatic heterocycles. The number of nitrogens with one attached hydrogen (secondary N) is 1. The maximum Gasteiger partial charge on any atom is 0.261 e. The second kappa shape index (κ2) is 8.39. The molecule has 1 atom stereocenters. The Morgan fingerprint density at radius 1 is 1.21 bits per heavy atom. The molecule has 0 bridgehead atoms. The maximum absolute atomic E-state index is 12.8. The first-order valence-electron chi connectivity index (χ1n) is 9.30. The number of rotatable bonds is 6. The fourth-order valence-electron chi connectivity index (χ4n) is 3.44. The summed E-state index contributed by atoms with van der Waals surface area (Å²) in [6.45, 7) is 1.10. The first-order chi connectivity index (χ1) is 13.7. The molecule has 1 N–H and O–H groups in total. The van der Waals surface area contributed by atoms with Gasteiger partial charge in [-0.1, -0.05) is 6.07 Å². The molecule has 1 aliphatic rings. The van der Waals surface area contributed by atoms with Crippen LogP contribution in [0.2, 0.25) is 0 Å². The lowest BCUT2D eigenvalue weighted by molar-refractivity contribution is -0.131. The van der Waals surface area contributed by atoms with Crippen LogP contribution in [0, 0.1) is 0 Å². The molecule has 2 amide bonds. The number of hydrogen-bond acceptors (Lipinski definition) is 5. The van der Waals surface area contributed by atoms with Crippen molar-refractivity contribution in [2.24, 2.45) is 0 Å². The standard InChI is InChI=1S/C21H21N3O3S/c25-20(13-15-5-1-2-10-22-15)24-11-3-7-17(24)18-8-9-19(28-18)21(26)23-14-16-6-4-12-27-16/h1-2,4-6,8-10,12,17H,3,7,11,13-14H2,(H,23,26). The van der Waals surface area contributed by atoms with Crippen molar-refractivity contribution in [1.82, 2.24) is 15.2 Å². The van der Waals surface area contributed by atoms with Gasteiger partial charge in [-0.05, 0) is 49.2 Å². The number of hydrogen-bond donors (Lipinski definition) is 1. The van der Waals surface area contributed by atoms with Crippen molar-refractivity contribution in [2.45, 2.75) is 31.8 Å². The molecule has 6 nitrogen and oxygen atoms in total. The molecular formula is C21H21N3O3S. The Kier molecular flexibility index (Phi) is 5.53. The largest absolute Gasteiger partial charge is 0.467 e. The number of aromatic nitrogens is 1. The van der Waals surface area contributed by atoms with Crippen LogP contribution in [0.15, 0.2) is 59.3 Å². The van der Waals surface area contributed by atoms with Gasteiger partial charge >= 0.3 is 0 Å². The van der Waals surface area contributed by atoms with Gasteiger partial charge in [0.05, 0.1) is 30.1 Å². The molecule has 0 radical (unpaired) electrons. The third-order valence-electron chi connectivity index (χ3n) is 4.81. The van der Waals surface area contributed by atoms with Crippen LogP contribution < -0.4 is 5.32 Å². The van der Waals surface area contributed by atoms with Gasteiger partial charge in [-0.3, -0.25) is 14.6 Å². The van der Waals surface area contributed by atoms with Gasteiger partial charge in [0.25, 0.3) is 5.91 Å². The lowest BCUT2D eigenvalue weighted by Gasteiger charge is -2.23. The number of amides is 2. The SMILES string of the molecule is O=C(NCc1ccco1)c1ccc(C2CCCN2C(=O)Cc2ccccn2)s1. The number of thiophene rings is 1. The summed E-state index contributed by atoms with van der Waals surface area (Å²) in [5.74, 6) is 0.669. The number of furan rings is 1. The van der Waals surface area contributed by atoms with E-state index in [0.717, 1.165) is 30.0 Å². The van der Waals surface area contributed by atoms with E-state index in [1.165, 1.54) is 11.3 Å². The number of carbonyl (C=O) groups is 2. The van der Waals surface area contributed by atoms with Crippen molar-refractivity contribution in [1.29, 1.82) is 0 Å². The van der Waals surface area contributed by atoms with Crippen molar-refractivity contribution in [3.05, 3.63) is 76.1 Å². The number of carbonyl (C=O) groups excluding carboxylic acids is 2. The zero-order chi connectivity index (χ0) is 19.3. The summed E-state index contributed by atoms with van der Waals surface area (Å²) in [6, 6.07) is 13.1. The Morgan fingerprint density at radius 3 is 2.93 bits per heavy atom. The minimum Gasteiger partial charge on any atom is -0.467 e. The Morgan fingerprint density at radius 2 is 2.14 bits per heavy atom. The van der Waals surface area contributed by atoms with Gasteiger partial charge in [0, 0.05) is 23.3 Å². The average molecular weight is 395 g/mol. The van der Waals surface area contributed by atoms with Gasteiger partial charge in [-0.25, -0.2) is 0 Å². The van der Waals surface area contributed by atoms with E-state index in [2.05, 4.69) is 10.3 Å². The molecule has 0 aromatic carbocycles. The molecule has 1 fully saturated rings. The smallest absolute Gasteiger partial charge is 0.261 e. The predicted molar refractivity (Wildman–Crippen MR) is 106 cm³/mol. The van der Waals surface area contributed by atoms with Gasteiger partial charge < -0.3 is 14.6 Å². The molecule has 4 rings (SSSR count). The molecule has 0 spiro atoms. The van der Waals surface area contributed by atoms with Crippen LogP contribution in [-0.4, -0.2) is 28.2 Å². The van der Waals surface area contributed by atoms with E-state index in [1.807, 2.05) is 41.3 Å². The number of nitrogens with zero attached hydrogens (tertiary/aromatic N) is 2. The third-order valence-corrected chi connectivity index (χ3v) is 6.00. The Labute approximate surface area is 167 Å². The van der Waals surface area contributed by atoms with Gasteiger partial charge in [0.1, 0.15) is 5.76 Å². The van der Waals surface area contributed by atoms with E-state index in [1.54, 1.807) is 18.5 Å². The number of likely N-dealkylation sites (tertiary alicyclic amines) is 1. The van der Waals surface area contributed by atoms with Crippen LogP contribution in [0.3, 0.4) is 0 Å². The van der Waals surface area contributed by atoms with Crippen LogP contribution >= 0.6 is 11.3 Å². The summed E-state index contributed by atoms with van der Waals surface area (Å²) in [5, 5.41) is 2.86. The van der Waals surface area contributed by atoms with Gasteiger partial charge in [-0.15, -0.1) is 11.3 Å². The van der Waals surface area contributed by atoms with Crippen molar-refractivity contribution in [3.63, 3.8) is 0 Å². The number of pyridine rings is 1. The summed E-state index contributed by atoms with van der Waals surface area (Å²) in [5.41, 5.74) is 0.780. The minimum atomic E-state index is -0.128. The van der Waals surface area contributed by atoms with E-state index in [0.29, 0.717) is 23.6 Å². The van der Waals surface area contributed by atoms with Gasteiger partial charge in [-0.2, -0.15) is 0 Å². The normalized spacial score (nSPS) is 16.3. The van der Waals surface area contributed by atoms with Crippen molar-refractivity contribution < 1.29 is 14.0 Å². The molecule has 7 heteroatoms. The fraction of sp³-hybridized carbons (Fsp3) is 0.286. The zero-order valence-electron chi connectivity index (χ0n) is 15.3. The molecule has 28 heavy (non-hydrogen) atoms. The predicted octanol–water partition coefficient (Wildman–Crippen LogP) is 3.57. The second-order valence-corrected chi connectivity index (χ2v) is 7.82. The monoisotopic (exact) mass is 395 g/mol. The van der Waals surface area contributed by atoms with Crippen molar-refractivity contribution in [2.75, 3.05) is 6.54 Å². The van der Waals surface area contributed by atoms with Crippen LogP contribution in [0.5, 0.6) is 0 Å². The Hall–Kier alpha value is -2.93. The molecule has 3 aromatic rings. The van der Waals surface area contributed by atoms with E-state index in [4.69, 9.17) is 4.42 Å². The molecular weight excluding hydrogens is 374 g/mol. The summed E-state index contributed by atoms with van der Waals surface area (Å²) in [6.07, 6.45) is 5.48. The van der Waals surface area contributed by atoms with Crippen molar-refractivity contribution >= 4 is 23.2 Å². The molecule has 1 saturated heterocycles. The minimum absolute atomic E-state index is 0.0350. The average Bonchev–Trinajstić information content (AvgIpc) is 3.48. The molecule has 1 aliphatic heterocycles. The molecule has 144 valence electrons. The first kappa shape index (κ1) is 18.4. The van der Waals surface area contributed by atoms with Gasteiger partial charge in [0.2, 0.25) is 5.91 Å². The van der Waals surface area contributed by atoms with Crippen LogP contribution in [0.25, 0.3) is 0 Å². The highest BCUT2D eigenvalue weighted by Crippen LogP contribution is 2.36. The highest BCUT2D eigenvalue weighted by molar-refractivity contribution is 7.14. The van der Waals surface area contributed by atoms with Crippen LogP contribution in [-0.2, 0) is 17.8 Å². The van der Waals surface area contributed by atoms with E-state index >= 15 is 0 Å². The summed E-state index contributed by atoms with van der Waals surface area (Å²) in [7, 11) is 0. The third kappa shape index (κ3) is 4.14. The van der Waals surface area contributed by atoms with Crippen molar-refractivity contribution in [3.8, 4) is 0 Å². The molecule has 0 saturated carbocycles. The summed E-state index contributed by atoms with van der Waals surface area (Å²) in [4.78, 5) is 33.0. The van der Waals surface area contributed by atoms with Crippen LogP contribution in [0.1, 0.15) is 44.9 Å². The molecule has 1 unspecified atom stereocenters. The highest BCUT2D eigenvalue weighted by atomic mass is 32.1. The van der Waals surface area contributed by atoms with E-state index in [-0.39, 0.29) is 17.9 Å². The van der Waals surface area contributed by atoms with Gasteiger partial charge in [0.15, 0.2) is 0 Å². The summed E-state index contributed by atoms with van der Waals surface area (Å²) < 4.78 is 5.23. The fourth-order valence-corrected chi connectivity index (χ4v) is 4.51. The lowest BCUT2D eigenvalue weighted by Crippen LogP contribution is -2.31. The first-order valence-corrected chi connectivity index (χ1v) is 10.1. The zero-order valence-corrected chi connectivity index (χ0v) is 16.2. The van der Waals surface area contributed by atoms with E-state index in [9.17, 15) is 9.59 Å². The van der Waals surface area contributed by atoms with E-state index < -0.39 is 0 Å². The maximum atomic E-state index is 12.8.